The number of rotatable bonds is 5. The molecule has 0 saturated heterocycles. The third kappa shape index (κ3) is 3.41. The van der Waals surface area contributed by atoms with Gasteiger partial charge in [-0.25, -0.2) is 4.79 Å². The molecule has 29 heavy (non-hydrogen) atoms. The minimum Gasteiger partial charge on any atom is -0.478 e. The van der Waals surface area contributed by atoms with Crippen LogP contribution in [0.4, 0.5) is 5.69 Å². The van der Waals surface area contributed by atoms with Gasteiger partial charge in [0.05, 0.1) is 11.1 Å². The topological polar surface area (TPSA) is 118 Å². The normalized spacial score (nSPS) is 15.5. The van der Waals surface area contributed by atoms with Gasteiger partial charge in [-0.15, -0.1) is 0 Å². The van der Waals surface area contributed by atoms with E-state index < -0.39 is 18.0 Å². The van der Waals surface area contributed by atoms with Crippen molar-refractivity contribution in [2.75, 3.05) is 19.4 Å². The number of nitrogens with one attached hydrogen (secondary N) is 1. The lowest BCUT2D eigenvalue weighted by Gasteiger charge is -2.26. The Bertz CT molecular complexity index is 1080. The molecule has 2 aromatic rings. The number of anilines is 1. The fourth-order valence-electron chi connectivity index (χ4n) is 3.74. The number of halogens is 1. The molecule has 1 aromatic carbocycles. The molecule has 2 amide bonds. The van der Waals surface area contributed by atoms with Crippen LogP contribution in [0.15, 0.2) is 18.2 Å². The van der Waals surface area contributed by atoms with Crippen molar-refractivity contribution < 1.29 is 19.5 Å². The Morgan fingerprint density at radius 2 is 1.97 bits per heavy atom. The summed E-state index contributed by atoms with van der Waals surface area (Å²) in [5, 5.41) is 12.9. The number of nitrogens with zero attached hydrogens (tertiary/aromatic N) is 2. The lowest BCUT2D eigenvalue weighted by atomic mass is 10.0. The van der Waals surface area contributed by atoms with Crippen LogP contribution in [0.25, 0.3) is 11.6 Å². The number of hydrogen-bond donors (Lipinski definition) is 3. The number of carboxylic acid groups (broad SMARTS) is 1. The minimum absolute atomic E-state index is 0.0645. The maximum atomic E-state index is 12.6. The van der Waals surface area contributed by atoms with Crippen LogP contribution in [0.2, 0.25) is 5.02 Å². The number of fused-ring (bicyclic) bond motifs is 1. The fourth-order valence-corrected chi connectivity index (χ4v) is 3.91. The van der Waals surface area contributed by atoms with Gasteiger partial charge in [0.25, 0.3) is 11.8 Å². The van der Waals surface area contributed by atoms with Gasteiger partial charge in [0.1, 0.15) is 0 Å². The number of primary amides is 1. The Labute approximate surface area is 172 Å². The highest BCUT2D eigenvalue weighted by Gasteiger charge is 2.31. The zero-order valence-electron chi connectivity index (χ0n) is 16.4. The van der Waals surface area contributed by atoms with Crippen molar-refractivity contribution >= 4 is 46.7 Å². The molecule has 1 aliphatic rings. The van der Waals surface area contributed by atoms with E-state index in [-0.39, 0.29) is 11.5 Å². The van der Waals surface area contributed by atoms with Gasteiger partial charge < -0.3 is 20.7 Å². The number of amides is 2. The molecule has 1 atom stereocenters. The highest BCUT2D eigenvalue weighted by atomic mass is 35.5. The van der Waals surface area contributed by atoms with E-state index in [1.165, 1.54) is 0 Å². The average Bonchev–Trinajstić information content (AvgIpc) is 3.03. The summed E-state index contributed by atoms with van der Waals surface area (Å²) in [6, 6.07) is 5.02. The summed E-state index contributed by atoms with van der Waals surface area (Å²) in [6.07, 6.45) is 0.642. The number of carboxylic acids is 1. The van der Waals surface area contributed by atoms with Crippen LogP contribution < -0.4 is 11.1 Å². The number of carbonyl (C=O) groups is 3. The molecule has 9 heteroatoms. The quantitative estimate of drug-likeness (QED) is 0.647. The highest BCUT2D eigenvalue weighted by molar-refractivity contribution is 6.36. The zero-order valence-corrected chi connectivity index (χ0v) is 17.2. The third-order valence-electron chi connectivity index (χ3n) is 4.99. The first-order chi connectivity index (χ1) is 13.5. The standard InChI is InChI=1S/C20H21ClN4O4/c1-9-15(8-13-12-7-11(21)5-6-14(12)23-18(13)27)25(10(2)16(9)20(28)29)19(17(22)26)24(3)4/h5-8,19H,1-4H3,(H2,22,26)(H,23,27)(H,28,29). The number of aromatic carboxylic acids is 1. The summed E-state index contributed by atoms with van der Waals surface area (Å²) >= 11 is 6.09. The average molecular weight is 417 g/mol. The Balaban J connectivity index is 2.33. The Morgan fingerprint density at radius 1 is 1.31 bits per heavy atom. The van der Waals surface area contributed by atoms with Gasteiger partial charge in [-0.2, -0.15) is 0 Å². The third-order valence-corrected chi connectivity index (χ3v) is 5.22. The molecule has 1 aromatic heterocycles. The number of hydrogen-bond acceptors (Lipinski definition) is 4. The molecular formula is C20H21ClN4O4. The van der Waals surface area contributed by atoms with E-state index >= 15 is 0 Å². The van der Waals surface area contributed by atoms with E-state index in [1.807, 2.05) is 0 Å². The molecule has 4 N–H and O–H groups in total. The predicted octanol–water partition coefficient (Wildman–Crippen LogP) is 2.49. The number of benzene rings is 1. The van der Waals surface area contributed by atoms with Gasteiger partial charge in [-0.05, 0) is 57.8 Å². The summed E-state index contributed by atoms with van der Waals surface area (Å²) in [5.41, 5.74) is 8.41. The second-order valence-corrected chi connectivity index (χ2v) is 7.52. The van der Waals surface area contributed by atoms with Crippen molar-refractivity contribution in [2.45, 2.75) is 20.0 Å². The molecule has 0 saturated carbocycles. The van der Waals surface area contributed by atoms with E-state index in [1.54, 1.807) is 61.7 Å². The van der Waals surface area contributed by atoms with Crippen LogP contribution in [-0.2, 0) is 9.59 Å². The second kappa shape index (κ2) is 7.38. The van der Waals surface area contributed by atoms with Crippen molar-refractivity contribution in [3.8, 4) is 0 Å². The van der Waals surface area contributed by atoms with Crippen molar-refractivity contribution in [3.05, 3.63) is 51.3 Å². The Morgan fingerprint density at radius 3 is 2.52 bits per heavy atom. The lowest BCUT2D eigenvalue weighted by Crippen LogP contribution is -2.38. The number of aromatic nitrogens is 1. The molecule has 0 aliphatic carbocycles. The van der Waals surface area contributed by atoms with Crippen molar-refractivity contribution in [1.29, 1.82) is 0 Å². The Kier molecular flexibility index (Phi) is 5.25. The molecule has 8 nitrogen and oxygen atoms in total. The maximum Gasteiger partial charge on any atom is 0.337 e. The molecule has 3 rings (SSSR count). The van der Waals surface area contributed by atoms with Gasteiger partial charge in [0.15, 0.2) is 6.17 Å². The van der Waals surface area contributed by atoms with Crippen LogP contribution in [0.3, 0.4) is 0 Å². The molecule has 0 radical (unpaired) electrons. The summed E-state index contributed by atoms with van der Waals surface area (Å²) in [6.45, 7) is 3.25. The SMILES string of the molecule is Cc1c(C(=O)O)c(C)n(C(C(N)=O)N(C)C)c1C=C1C(=O)Nc2ccc(Cl)cc21. The second-order valence-electron chi connectivity index (χ2n) is 7.09. The van der Waals surface area contributed by atoms with E-state index in [0.29, 0.717) is 38.8 Å². The number of nitrogens with two attached hydrogens (primary N) is 1. The van der Waals surface area contributed by atoms with Crippen LogP contribution in [-0.4, -0.2) is 46.5 Å². The maximum absolute atomic E-state index is 12.6. The molecule has 152 valence electrons. The van der Waals surface area contributed by atoms with Crippen LogP contribution in [0.1, 0.15) is 39.0 Å². The largest absolute Gasteiger partial charge is 0.478 e. The molecule has 0 fully saturated rings. The molecule has 1 aliphatic heterocycles. The summed E-state index contributed by atoms with van der Waals surface area (Å²) < 4.78 is 1.55. The van der Waals surface area contributed by atoms with E-state index in [2.05, 4.69) is 5.32 Å². The van der Waals surface area contributed by atoms with E-state index in [9.17, 15) is 19.5 Å². The first-order valence-corrected chi connectivity index (χ1v) is 9.15. The summed E-state index contributed by atoms with van der Waals surface area (Å²) in [5.74, 6) is -2.12. The van der Waals surface area contributed by atoms with Crippen molar-refractivity contribution in [3.63, 3.8) is 0 Å². The fraction of sp³-hybridized carbons (Fsp3) is 0.250. The predicted molar refractivity (Wildman–Crippen MR) is 111 cm³/mol. The minimum atomic E-state index is -1.13. The van der Waals surface area contributed by atoms with Gasteiger partial charge >= 0.3 is 5.97 Å². The smallest absolute Gasteiger partial charge is 0.337 e. The lowest BCUT2D eigenvalue weighted by molar-refractivity contribution is -0.125. The number of carbonyl (C=O) groups excluding carboxylic acids is 2. The van der Waals surface area contributed by atoms with Crippen molar-refractivity contribution in [2.24, 2.45) is 5.73 Å². The monoisotopic (exact) mass is 416 g/mol. The van der Waals surface area contributed by atoms with Crippen LogP contribution in [0.5, 0.6) is 0 Å². The van der Waals surface area contributed by atoms with Crippen LogP contribution >= 0.6 is 11.6 Å². The molecule has 0 bridgehead atoms. The van der Waals surface area contributed by atoms with Crippen LogP contribution in [0, 0.1) is 13.8 Å². The Hall–Kier alpha value is -3.10. The molecule has 1 unspecified atom stereocenters. The summed E-state index contributed by atoms with van der Waals surface area (Å²) in [7, 11) is 3.33. The molecule has 2 heterocycles. The van der Waals surface area contributed by atoms with Crippen molar-refractivity contribution in [1.82, 2.24) is 9.47 Å². The zero-order chi connectivity index (χ0) is 21.6. The van der Waals surface area contributed by atoms with Gasteiger partial charge in [0, 0.05) is 27.7 Å². The molecule has 0 spiro atoms. The van der Waals surface area contributed by atoms with Gasteiger partial charge in [-0.1, -0.05) is 11.6 Å². The number of likely N-dealkylation sites (N-methyl/N-ethyl adjacent to an activating group) is 1. The summed E-state index contributed by atoms with van der Waals surface area (Å²) in [4.78, 5) is 38.2. The van der Waals surface area contributed by atoms with E-state index in [0.717, 1.165) is 0 Å². The van der Waals surface area contributed by atoms with Gasteiger partial charge in [-0.3, -0.25) is 14.5 Å². The highest BCUT2D eigenvalue weighted by Crippen LogP contribution is 2.37. The first kappa shape index (κ1) is 20.6. The first-order valence-electron chi connectivity index (χ1n) is 8.78. The van der Waals surface area contributed by atoms with Gasteiger partial charge in [0.2, 0.25) is 0 Å². The van der Waals surface area contributed by atoms with E-state index in [4.69, 9.17) is 17.3 Å². The molecular weight excluding hydrogens is 396 g/mol.